The third-order valence-electron chi connectivity index (χ3n) is 2.89. The molecule has 1 amide bonds. The Labute approximate surface area is 114 Å². The highest BCUT2D eigenvalue weighted by Crippen LogP contribution is 2.29. The van der Waals surface area contributed by atoms with Crippen molar-refractivity contribution in [1.29, 1.82) is 0 Å². The predicted molar refractivity (Wildman–Crippen MR) is 73.2 cm³/mol. The van der Waals surface area contributed by atoms with Crippen molar-refractivity contribution in [2.24, 2.45) is 0 Å². The zero-order valence-electron chi connectivity index (χ0n) is 10.5. The average Bonchev–Trinajstić information content (AvgIpc) is 2.79. The molecule has 2 aromatic heterocycles. The Kier molecular flexibility index (Phi) is 3.12. The first-order chi connectivity index (χ1) is 9.22. The molecule has 0 saturated heterocycles. The van der Waals surface area contributed by atoms with Crippen molar-refractivity contribution in [2.75, 3.05) is 16.8 Å². The summed E-state index contributed by atoms with van der Waals surface area (Å²) in [5, 5.41) is 3.42. The largest absolute Gasteiger partial charge is 0.350 e. The van der Waals surface area contributed by atoms with Crippen molar-refractivity contribution in [3.8, 4) is 0 Å². The minimum Gasteiger partial charge on any atom is -0.350 e. The Balaban J connectivity index is 1.80. The maximum Gasteiger partial charge on any atom is 0.223 e. The lowest BCUT2D eigenvalue weighted by atomic mass is 10.2. The first-order valence-electron chi connectivity index (χ1n) is 5.99. The van der Waals surface area contributed by atoms with Crippen molar-refractivity contribution in [3.63, 3.8) is 0 Å². The van der Waals surface area contributed by atoms with Gasteiger partial charge in [-0.25, -0.2) is 9.97 Å². The molecule has 0 radical (unpaired) electrons. The van der Waals surface area contributed by atoms with Gasteiger partial charge < -0.3 is 10.2 Å². The van der Waals surface area contributed by atoms with Crippen molar-refractivity contribution < 1.29 is 4.79 Å². The summed E-state index contributed by atoms with van der Waals surface area (Å²) in [5.41, 5.74) is 1.08. The SMILES string of the molecule is CC(=O)Nc1nc2c(s1)CN(c1cnccn1)CC2. The number of aromatic nitrogens is 3. The highest BCUT2D eigenvalue weighted by Gasteiger charge is 2.21. The third kappa shape index (κ3) is 2.55. The fraction of sp³-hybridized carbons (Fsp3) is 0.333. The zero-order valence-corrected chi connectivity index (χ0v) is 11.3. The Morgan fingerprint density at radius 1 is 1.47 bits per heavy atom. The van der Waals surface area contributed by atoms with Gasteiger partial charge >= 0.3 is 0 Å². The van der Waals surface area contributed by atoms with E-state index in [-0.39, 0.29) is 5.91 Å². The van der Waals surface area contributed by atoms with E-state index in [1.807, 2.05) is 0 Å². The second-order valence-corrected chi connectivity index (χ2v) is 5.39. The lowest BCUT2D eigenvalue weighted by molar-refractivity contribution is -0.114. The molecule has 0 saturated carbocycles. The van der Waals surface area contributed by atoms with Crippen LogP contribution in [0.3, 0.4) is 0 Å². The van der Waals surface area contributed by atoms with Gasteiger partial charge in [0.05, 0.1) is 18.4 Å². The molecule has 0 fully saturated rings. The molecular formula is C12H13N5OS. The summed E-state index contributed by atoms with van der Waals surface area (Å²) in [4.78, 5) is 27.2. The summed E-state index contributed by atoms with van der Waals surface area (Å²) < 4.78 is 0. The summed E-state index contributed by atoms with van der Waals surface area (Å²) in [6.07, 6.45) is 5.99. The molecule has 1 aliphatic rings. The van der Waals surface area contributed by atoms with Crippen molar-refractivity contribution >= 4 is 28.2 Å². The van der Waals surface area contributed by atoms with Gasteiger partial charge in [-0.15, -0.1) is 0 Å². The van der Waals surface area contributed by atoms with Crippen LogP contribution in [0.4, 0.5) is 10.9 Å². The van der Waals surface area contributed by atoms with Crippen LogP contribution in [0.1, 0.15) is 17.5 Å². The molecule has 1 aliphatic heterocycles. The molecule has 0 unspecified atom stereocenters. The molecule has 6 nitrogen and oxygen atoms in total. The summed E-state index contributed by atoms with van der Waals surface area (Å²) in [6, 6.07) is 0. The smallest absolute Gasteiger partial charge is 0.223 e. The summed E-state index contributed by atoms with van der Waals surface area (Å²) in [7, 11) is 0. The standard InChI is InChI=1S/C12H13N5OS/c1-8(18)15-12-16-9-2-5-17(7-10(9)19-12)11-6-13-3-4-14-11/h3-4,6H,2,5,7H2,1H3,(H,15,16,18). The minimum atomic E-state index is -0.0862. The predicted octanol–water partition coefficient (Wildman–Crippen LogP) is 1.45. The molecule has 3 heterocycles. The normalized spacial score (nSPS) is 14.1. The minimum absolute atomic E-state index is 0.0862. The first-order valence-corrected chi connectivity index (χ1v) is 6.81. The van der Waals surface area contributed by atoms with Crippen LogP contribution in [-0.2, 0) is 17.8 Å². The summed E-state index contributed by atoms with van der Waals surface area (Å²) >= 11 is 1.53. The summed E-state index contributed by atoms with van der Waals surface area (Å²) in [5.74, 6) is 0.791. The molecule has 1 N–H and O–H groups in total. The van der Waals surface area contributed by atoms with Crippen LogP contribution in [0.15, 0.2) is 18.6 Å². The zero-order chi connectivity index (χ0) is 13.2. The van der Waals surface area contributed by atoms with E-state index in [1.54, 1.807) is 18.6 Å². The topological polar surface area (TPSA) is 71.0 Å². The lowest BCUT2D eigenvalue weighted by Gasteiger charge is -2.26. The van der Waals surface area contributed by atoms with Gasteiger partial charge in [0.1, 0.15) is 5.82 Å². The second kappa shape index (κ2) is 4.93. The van der Waals surface area contributed by atoms with Gasteiger partial charge in [-0.1, -0.05) is 11.3 Å². The van der Waals surface area contributed by atoms with Crippen LogP contribution in [0, 0.1) is 0 Å². The Morgan fingerprint density at radius 2 is 2.37 bits per heavy atom. The van der Waals surface area contributed by atoms with Gasteiger partial charge in [-0.3, -0.25) is 9.78 Å². The molecule has 0 aliphatic carbocycles. The Morgan fingerprint density at radius 3 is 3.11 bits per heavy atom. The fourth-order valence-corrected chi connectivity index (χ4v) is 3.12. The number of nitrogens with one attached hydrogen (secondary N) is 1. The second-order valence-electron chi connectivity index (χ2n) is 4.31. The van der Waals surface area contributed by atoms with Gasteiger partial charge in [-0.05, 0) is 0 Å². The van der Waals surface area contributed by atoms with Gasteiger partial charge in [-0.2, -0.15) is 0 Å². The lowest BCUT2D eigenvalue weighted by Crippen LogP contribution is -2.30. The Bertz CT molecular complexity index is 597. The number of hydrogen-bond acceptors (Lipinski definition) is 6. The van der Waals surface area contributed by atoms with Gasteiger partial charge in [0.2, 0.25) is 5.91 Å². The van der Waals surface area contributed by atoms with Crippen LogP contribution < -0.4 is 10.2 Å². The maximum atomic E-state index is 11.0. The number of fused-ring (bicyclic) bond motifs is 1. The Hall–Kier alpha value is -2.02. The number of carbonyl (C=O) groups is 1. The van der Waals surface area contributed by atoms with Crippen LogP contribution in [-0.4, -0.2) is 27.4 Å². The van der Waals surface area contributed by atoms with Crippen LogP contribution >= 0.6 is 11.3 Å². The van der Waals surface area contributed by atoms with Crippen molar-refractivity contribution in [1.82, 2.24) is 15.0 Å². The quantitative estimate of drug-likeness (QED) is 0.898. The maximum absolute atomic E-state index is 11.0. The van der Waals surface area contributed by atoms with Gasteiger partial charge in [0, 0.05) is 37.2 Å². The number of nitrogens with zero attached hydrogens (tertiary/aromatic N) is 4. The van der Waals surface area contributed by atoms with E-state index >= 15 is 0 Å². The van der Waals surface area contributed by atoms with E-state index < -0.39 is 0 Å². The molecule has 0 aromatic carbocycles. The van der Waals surface area contributed by atoms with E-state index in [0.29, 0.717) is 5.13 Å². The molecule has 0 bridgehead atoms. The fourth-order valence-electron chi connectivity index (χ4n) is 2.05. The summed E-state index contributed by atoms with van der Waals surface area (Å²) in [6.45, 7) is 3.13. The molecule has 3 rings (SSSR count). The van der Waals surface area contributed by atoms with Gasteiger partial charge in [0.15, 0.2) is 5.13 Å². The number of thiazole rings is 1. The van der Waals surface area contributed by atoms with Crippen molar-refractivity contribution in [2.45, 2.75) is 19.9 Å². The first kappa shape index (κ1) is 12.0. The van der Waals surface area contributed by atoms with Crippen LogP contribution in [0.2, 0.25) is 0 Å². The number of anilines is 2. The molecule has 0 atom stereocenters. The monoisotopic (exact) mass is 275 g/mol. The van der Waals surface area contributed by atoms with Crippen molar-refractivity contribution in [3.05, 3.63) is 29.2 Å². The van der Waals surface area contributed by atoms with E-state index in [2.05, 4.69) is 25.2 Å². The van der Waals surface area contributed by atoms with Gasteiger partial charge in [0.25, 0.3) is 0 Å². The molecule has 2 aromatic rings. The average molecular weight is 275 g/mol. The molecule has 19 heavy (non-hydrogen) atoms. The molecule has 7 heteroatoms. The number of amides is 1. The highest BCUT2D eigenvalue weighted by molar-refractivity contribution is 7.15. The molecule has 0 spiro atoms. The van der Waals surface area contributed by atoms with E-state index in [9.17, 15) is 4.79 Å². The molecule has 98 valence electrons. The van der Waals surface area contributed by atoms with E-state index in [1.165, 1.54) is 23.1 Å². The van der Waals surface area contributed by atoms with Crippen LogP contribution in [0.5, 0.6) is 0 Å². The highest BCUT2D eigenvalue weighted by atomic mass is 32.1. The number of rotatable bonds is 2. The number of carbonyl (C=O) groups excluding carboxylic acids is 1. The van der Waals surface area contributed by atoms with Crippen LogP contribution in [0.25, 0.3) is 0 Å². The molecular weight excluding hydrogens is 262 g/mol. The number of hydrogen-bond donors (Lipinski definition) is 1. The van der Waals surface area contributed by atoms with E-state index in [0.717, 1.165) is 31.0 Å². The third-order valence-corrected chi connectivity index (χ3v) is 3.89. The van der Waals surface area contributed by atoms with E-state index in [4.69, 9.17) is 0 Å².